The number of hydrogen-bond acceptors (Lipinski definition) is 4. The van der Waals surface area contributed by atoms with Crippen molar-refractivity contribution in [3.8, 4) is 11.3 Å². The molecule has 0 bridgehead atoms. The van der Waals surface area contributed by atoms with Gasteiger partial charge in [-0.1, -0.05) is 32.1 Å². The van der Waals surface area contributed by atoms with Crippen LogP contribution in [0.25, 0.3) is 16.8 Å². The van der Waals surface area contributed by atoms with Gasteiger partial charge in [-0.25, -0.2) is 0 Å². The van der Waals surface area contributed by atoms with Gasteiger partial charge in [0.2, 0.25) is 0 Å². The van der Waals surface area contributed by atoms with Crippen molar-refractivity contribution in [1.29, 1.82) is 0 Å². The van der Waals surface area contributed by atoms with E-state index in [1.807, 2.05) is 50.0 Å². The molecule has 7 heteroatoms. The standard InChI is InChI=1S/C18H17N5O2.C2H6/c1-2-22-11-16(14-6-8-19-18-15(14)7-9-20-18)17(21-22)12-4-3-5-13(10-12)23(24)25;1-2/h3-7,9-11,19-20H,2,8H2,1H3;1-2H3. The van der Waals surface area contributed by atoms with E-state index in [1.165, 1.54) is 6.07 Å². The summed E-state index contributed by atoms with van der Waals surface area (Å²) in [6.07, 6.45) is 6.02. The number of H-pyrrole nitrogens is 1. The molecule has 2 N–H and O–H groups in total. The highest BCUT2D eigenvalue weighted by Crippen LogP contribution is 2.37. The number of aromatic nitrogens is 3. The molecule has 4 rings (SSSR count). The van der Waals surface area contributed by atoms with Gasteiger partial charge in [-0.2, -0.15) is 5.10 Å². The first-order valence-electron chi connectivity index (χ1n) is 9.12. The Kier molecular flexibility index (Phi) is 5.40. The molecule has 1 aromatic carbocycles. The number of non-ortho nitro benzene ring substituents is 1. The number of benzene rings is 1. The molecule has 0 amide bonds. The van der Waals surface area contributed by atoms with Gasteiger partial charge in [0.25, 0.3) is 5.69 Å². The number of nitro benzene ring substituents is 1. The lowest BCUT2D eigenvalue weighted by molar-refractivity contribution is -0.384. The van der Waals surface area contributed by atoms with Gasteiger partial charge in [-0.3, -0.25) is 14.8 Å². The van der Waals surface area contributed by atoms with Crippen molar-refractivity contribution in [3.05, 3.63) is 70.0 Å². The Balaban J connectivity index is 0.00000102. The number of anilines is 1. The van der Waals surface area contributed by atoms with Crippen LogP contribution in [0.3, 0.4) is 0 Å². The van der Waals surface area contributed by atoms with Crippen molar-refractivity contribution in [1.82, 2.24) is 14.8 Å². The van der Waals surface area contributed by atoms with E-state index in [-0.39, 0.29) is 10.6 Å². The van der Waals surface area contributed by atoms with Crippen LogP contribution in [-0.2, 0) is 6.54 Å². The molecule has 7 nitrogen and oxygen atoms in total. The summed E-state index contributed by atoms with van der Waals surface area (Å²) < 4.78 is 1.86. The number of hydrogen-bond donors (Lipinski definition) is 2. The molecule has 0 unspecified atom stereocenters. The number of nitrogens with one attached hydrogen (secondary N) is 2. The second-order valence-electron chi connectivity index (χ2n) is 5.82. The highest BCUT2D eigenvalue weighted by Gasteiger charge is 2.21. The molecule has 2 aromatic heterocycles. The quantitative estimate of drug-likeness (QED) is 0.518. The van der Waals surface area contributed by atoms with Gasteiger partial charge >= 0.3 is 0 Å². The Morgan fingerprint density at radius 1 is 1.26 bits per heavy atom. The number of aromatic amines is 1. The number of nitrogens with zero attached hydrogens (tertiary/aromatic N) is 3. The molecular weight excluding hydrogens is 342 g/mol. The minimum atomic E-state index is -0.381. The smallest absolute Gasteiger partial charge is 0.270 e. The third kappa shape index (κ3) is 3.48. The largest absolute Gasteiger partial charge is 0.368 e. The summed E-state index contributed by atoms with van der Waals surface area (Å²) in [7, 11) is 0. The lowest BCUT2D eigenvalue weighted by atomic mass is 9.95. The van der Waals surface area contributed by atoms with Crippen LogP contribution >= 0.6 is 0 Å². The molecule has 3 heterocycles. The highest BCUT2D eigenvalue weighted by atomic mass is 16.6. The van der Waals surface area contributed by atoms with Gasteiger partial charge in [0, 0.05) is 54.3 Å². The number of aryl methyl sites for hydroxylation is 1. The summed E-state index contributed by atoms with van der Waals surface area (Å²) in [4.78, 5) is 13.9. The maximum Gasteiger partial charge on any atom is 0.270 e. The van der Waals surface area contributed by atoms with Crippen LogP contribution in [0, 0.1) is 10.1 Å². The molecule has 1 aliphatic rings. The van der Waals surface area contributed by atoms with Crippen LogP contribution in [0.2, 0.25) is 0 Å². The summed E-state index contributed by atoms with van der Waals surface area (Å²) in [6.45, 7) is 7.47. The summed E-state index contributed by atoms with van der Waals surface area (Å²) in [5, 5.41) is 19.1. The summed E-state index contributed by atoms with van der Waals surface area (Å²) in [5.74, 6) is 0.978. The lowest BCUT2D eigenvalue weighted by Crippen LogP contribution is -2.07. The monoisotopic (exact) mass is 365 g/mol. The molecule has 140 valence electrons. The van der Waals surface area contributed by atoms with Crippen molar-refractivity contribution in [2.75, 3.05) is 11.9 Å². The van der Waals surface area contributed by atoms with Crippen molar-refractivity contribution in [3.63, 3.8) is 0 Å². The molecule has 0 fully saturated rings. The fraction of sp³-hybridized carbons (Fsp3) is 0.250. The van der Waals surface area contributed by atoms with Crippen LogP contribution < -0.4 is 5.32 Å². The number of nitro groups is 1. The van der Waals surface area contributed by atoms with Gasteiger partial charge in [0.15, 0.2) is 0 Å². The second-order valence-corrected chi connectivity index (χ2v) is 5.82. The first-order valence-corrected chi connectivity index (χ1v) is 9.12. The van der Waals surface area contributed by atoms with Crippen LogP contribution in [0.5, 0.6) is 0 Å². The minimum Gasteiger partial charge on any atom is -0.368 e. The van der Waals surface area contributed by atoms with E-state index in [4.69, 9.17) is 0 Å². The maximum atomic E-state index is 11.1. The van der Waals surface area contributed by atoms with Gasteiger partial charge < -0.3 is 10.3 Å². The van der Waals surface area contributed by atoms with Gasteiger partial charge in [0.1, 0.15) is 11.5 Å². The Morgan fingerprint density at radius 2 is 2.07 bits per heavy atom. The average Bonchev–Trinajstić information content (AvgIpc) is 3.36. The molecular formula is C20H23N5O2. The summed E-state index contributed by atoms with van der Waals surface area (Å²) in [6, 6.07) is 8.65. The molecule has 0 saturated carbocycles. The predicted octanol–water partition coefficient (Wildman–Crippen LogP) is 4.69. The lowest BCUT2D eigenvalue weighted by Gasteiger charge is -2.15. The predicted molar refractivity (Wildman–Crippen MR) is 108 cm³/mol. The zero-order valence-electron chi connectivity index (χ0n) is 15.7. The van der Waals surface area contributed by atoms with Crippen LogP contribution in [0.4, 0.5) is 11.5 Å². The third-order valence-electron chi connectivity index (χ3n) is 4.33. The van der Waals surface area contributed by atoms with Crippen LogP contribution in [0.1, 0.15) is 31.9 Å². The zero-order chi connectivity index (χ0) is 19.4. The molecule has 0 spiro atoms. The number of fused-ring (bicyclic) bond motifs is 1. The van der Waals surface area contributed by atoms with E-state index in [0.717, 1.165) is 40.3 Å². The Morgan fingerprint density at radius 3 is 2.81 bits per heavy atom. The maximum absolute atomic E-state index is 11.1. The summed E-state index contributed by atoms with van der Waals surface area (Å²) >= 11 is 0. The molecule has 0 aliphatic carbocycles. The highest BCUT2D eigenvalue weighted by molar-refractivity contribution is 5.92. The van der Waals surface area contributed by atoms with Crippen molar-refractivity contribution >= 4 is 17.1 Å². The van der Waals surface area contributed by atoms with Crippen molar-refractivity contribution < 1.29 is 4.92 Å². The molecule has 0 radical (unpaired) electrons. The van der Waals surface area contributed by atoms with E-state index in [1.54, 1.807) is 12.1 Å². The van der Waals surface area contributed by atoms with Gasteiger partial charge in [0.05, 0.1) is 4.92 Å². The first kappa shape index (κ1) is 18.4. The van der Waals surface area contributed by atoms with Crippen molar-refractivity contribution in [2.24, 2.45) is 0 Å². The van der Waals surface area contributed by atoms with Crippen molar-refractivity contribution in [2.45, 2.75) is 27.3 Å². The third-order valence-corrected chi connectivity index (χ3v) is 4.33. The fourth-order valence-corrected chi connectivity index (χ4v) is 3.12. The molecule has 3 aromatic rings. The molecule has 0 atom stereocenters. The second kappa shape index (κ2) is 7.90. The Bertz CT molecular complexity index is 984. The average molecular weight is 365 g/mol. The van der Waals surface area contributed by atoms with E-state index in [9.17, 15) is 10.1 Å². The van der Waals surface area contributed by atoms with Gasteiger partial charge in [-0.15, -0.1) is 0 Å². The minimum absolute atomic E-state index is 0.0659. The Labute approximate surface area is 157 Å². The van der Waals surface area contributed by atoms with E-state index in [2.05, 4.69) is 21.5 Å². The summed E-state index contributed by atoms with van der Waals surface area (Å²) in [5.41, 5.74) is 4.70. The van der Waals surface area contributed by atoms with Crippen LogP contribution in [0.15, 0.2) is 48.8 Å². The van der Waals surface area contributed by atoms with Crippen LogP contribution in [-0.4, -0.2) is 26.2 Å². The zero-order valence-corrected chi connectivity index (χ0v) is 15.7. The topological polar surface area (TPSA) is 88.8 Å². The van der Waals surface area contributed by atoms with Gasteiger partial charge in [-0.05, 0) is 18.6 Å². The first-order chi connectivity index (χ1) is 13.2. The molecule has 1 aliphatic heterocycles. The SMILES string of the molecule is CC.CCn1cc(C2=CCNc3[nH]ccc32)c(-c2cccc([N+](=O)[O-])c2)n1. The van der Waals surface area contributed by atoms with E-state index < -0.39 is 0 Å². The molecule has 0 saturated heterocycles. The van der Waals surface area contributed by atoms with E-state index in [0.29, 0.717) is 6.54 Å². The number of rotatable bonds is 4. The molecule has 27 heavy (non-hydrogen) atoms. The normalized spacial score (nSPS) is 12.3. The fourth-order valence-electron chi connectivity index (χ4n) is 3.12. The Hall–Kier alpha value is -3.35. The van der Waals surface area contributed by atoms with E-state index >= 15 is 0 Å².